The number of hydrazine groups is 1. The maximum atomic E-state index is 11.5. The average molecular weight is 307 g/mol. The molecule has 0 aliphatic rings. The van der Waals surface area contributed by atoms with Crippen LogP contribution < -0.4 is 20.7 Å². The summed E-state index contributed by atoms with van der Waals surface area (Å²) in [7, 11) is 0. The first-order valence-corrected chi connectivity index (χ1v) is 7.38. The third kappa shape index (κ3) is 3.50. The number of thiazole rings is 1. The summed E-state index contributed by atoms with van der Waals surface area (Å²) in [4.78, 5) is 16.2. The molecule has 21 heavy (non-hydrogen) atoms. The van der Waals surface area contributed by atoms with Crippen molar-refractivity contribution in [1.82, 2.24) is 10.4 Å². The predicted molar refractivity (Wildman–Crippen MR) is 81.5 cm³/mol. The van der Waals surface area contributed by atoms with Gasteiger partial charge in [0, 0.05) is 5.56 Å². The van der Waals surface area contributed by atoms with Crippen molar-refractivity contribution in [2.24, 2.45) is 5.84 Å². The summed E-state index contributed by atoms with van der Waals surface area (Å²) in [5.41, 5.74) is 2.95. The fraction of sp³-hybridized carbons (Fsp3) is 0.286. The molecular formula is C14H17N3O3S. The van der Waals surface area contributed by atoms with Gasteiger partial charge in [0.2, 0.25) is 0 Å². The molecule has 1 aromatic carbocycles. The number of nitrogen functional groups attached to an aromatic ring is 1. The smallest absolute Gasteiger partial charge is 0.276 e. The number of nitrogens with zero attached hydrogens (tertiary/aromatic N) is 1. The minimum Gasteiger partial charge on any atom is -0.490 e. The summed E-state index contributed by atoms with van der Waals surface area (Å²) in [6.07, 6.45) is 1.50. The van der Waals surface area contributed by atoms with Gasteiger partial charge in [-0.25, -0.2) is 10.8 Å². The van der Waals surface area contributed by atoms with Crippen LogP contribution in [0.5, 0.6) is 11.5 Å². The number of rotatable bonds is 6. The van der Waals surface area contributed by atoms with Crippen LogP contribution in [0.2, 0.25) is 0 Å². The monoisotopic (exact) mass is 307 g/mol. The Morgan fingerprint density at radius 2 is 2.00 bits per heavy atom. The van der Waals surface area contributed by atoms with Crippen LogP contribution in [0.15, 0.2) is 24.4 Å². The van der Waals surface area contributed by atoms with E-state index in [-0.39, 0.29) is 5.91 Å². The molecule has 3 N–H and O–H groups in total. The van der Waals surface area contributed by atoms with Crippen molar-refractivity contribution in [3.63, 3.8) is 0 Å². The molecule has 0 bridgehead atoms. The lowest BCUT2D eigenvalue weighted by Gasteiger charge is -2.11. The number of aromatic nitrogens is 1. The number of nitrogens with one attached hydrogen (secondary N) is 1. The zero-order chi connectivity index (χ0) is 15.2. The number of benzene rings is 1. The highest BCUT2D eigenvalue weighted by Gasteiger charge is 2.13. The summed E-state index contributed by atoms with van der Waals surface area (Å²) in [5.74, 6) is 6.12. The molecule has 0 aliphatic carbocycles. The molecule has 0 saturated carbocycles. The molecule has 6 nitrogen and oxygen atoms in total. The van der Waals surface area contributed by atoms with Gasteiger partial charge < -0.3 is 9.47 Å². The van der Waals surface area contributed by atoms with Crippen LogP contribution in [0.3, 0.4) is 0 Å². The Hall–Kier alpha value is -2.12. The largest absolute Gasteiger partial charge is 0.490 e. The quantitative estimate of drug-likeness (QED) is 0.485. The molecule has 112 valence electrons. The van der Waals surface area contributed by atoms with E-state index in [4.69, 9.17) is 15.3 Å². The van der Waals surface area contributed by atoms with E-state index >= 15 is 0 Å². The van der Waals surface area contributed by atoms with Crippen molar-refractivity contribution in [2.45, 2.75) is 13.8 Å². The standard InChI is InChI=1S/C14H17N3O3S/c1-3-19-10-6-5-9(7-11(10)20-4-2)14-16-8-12(21-14)13(18)17-15/h5-8H,3-4,15H2,1-2H3,(H,17,18). The van der Waals surface area contributed by atoms with Crippen molar-refractivity contribution in [1.29, 1.82) is 0 Å². The minimum absolute atomic E-state index is 0.352. The molecule has 0 spiro atoms. The van der Waals surface area contributed by atoms with E-state index in [1.165, 1.54) is 17.5 Å². The fourth-order valence-electron chi connectivity index (χ4n) is 1.77. The van der Waals surface area contributed by atoms with Crippen molar-refractivity contribution in [3.8, 4) is 22.1 Å². The van der Waals surface area contributed by atoms with Gasteiger partial charge in [-0.2, -0.15) is 0 Å². The number of nitrogens with two attached hydrogens (primary N) is 1. The Bertz CT molecular complexity index is 628. The SMILES string of the molecule is CCOc1ccc(-c2ncc(C(=O)NN)s2)cc1OCC. The van der Waals surface area contributed by atoms with Crippen LogP contribution in [-0.2, 0) is 0 Å². The normalized spacial score (nSPS) is 10.2. The summed E-state index contributed by atoms with van der Waals surface area (Å²) in [5, 5.41) is 0.720. The maximum Gasteiger partial charge on any atom is 0.276 e. The van der Waals surface area contributed by atoms with Crippen molar-refractivity contribution < 1.29 is 14.3 Å². The van der Waals surface area contributed by atoms with E-state index in [9.17, 15) is 4.79 Å². The number of amides is 1. The minimum atomic E-state index is -0.352. The topological polar surface area (TPSA) is 86.5 Å². The van der Waals surface area contributed by atoms with Crippen LogP contribution in [0.25, 0.3) is 10.6 Å². The summed E-state index contributed by atoms with van der Waals surface area (Å²) in [6, 6.07) is 5.59. The van der Waals surface area contributed by atoms with Gasteiger partial charge in [-0.05, 0) is 32.0 Å². The summed E-state index contributed by atoms with van der Waals surface area (Å²) in [6.45, 7) is 4.94. The molecule has 2 aromatic rings. The van der Waals surface area contributed by atoms with Gasteiger partial charge in [-0.15, -0.1) is 11.3 Å². The van der Waals surface area contributed by atoms with Gasteiger partial charge in [0.25, 0.3) is 5.91 Å². The van der Waals surface area contributed by atoms with E-state index < -0.39 is 0 Å². The molecule has 0 radical (unpaired) electrons. The van der Waals surface area contributed by atoms with E-state index in [1.54, 1.807) is 0 Å². The van der Waals surface area contributed by atoms with Gasteiger partial charge in [-0.1, -0.05) is 0 Å². The maximum absolute atomic E-state index is 11.5. The van der Waals surface area contributed by atoms with Gasteiger partial charge in [-0.3, -0.25) is 10.2 Å². The van der Waals surface area contributed by atoms with Crippen LogP contribution in [-0.4, -0.2) is 24.1 Å². The number of carbonyl (C=O) groups excluding carboxylic acids is 1. The second-order valence-corrected chi connectivity index (χ2v) is 5.06. The van der Waals surface area contributed by atoms with Crippen molar-refractivity contribution in [3.05, 3.63) is 29.3 Å². The van der Waals surface area contributed by atoms with Gasteiger partial charge in [0.1, 0.15) is 9.88 Å². The molecule has 0 aliphatic heterocycles. The first kappa shape index (κ1) is 15.3. The highest BCUT2D eigenvalue weighted by atomic mass is 32.1. The van der Waals surface area contributed by atoms with Crippen LogP contribution in [0, 0.1) is 0 Å². The lowest BCUT2D eigenvalue weighted by Crippen LogP contribution is -2.29. The second kappa shape index (κ2) is 7.05. The highest BCUT2D eigenvalue weighted by Crippen LogP contribution is 2.34. The highest BCUT2D eigenvalue weighted by molar-refractivity contribution is 7.16. The summed E-state index contributed by atoms with van der Waals surface area (Å²) >= 11 is 1.27. The molecule has 1 amide bonds. The van der Waals surface area contributed by atoms with Gasteiger partial charge in [0.05, 0.1) is 19.4 Å². The van der Waals surface area contributed by atoms with Crippen LogP contribution in [0.1, 0.15) is 23.5 Å². The zero-order valence-electron chi connectivity index (χ0n) is 11.9. The first-order chi connectivity index (χ1) is 10.2. The number of hydrogen-bond donors (Lipinski definition) is 2. The Balaban J connectivity index is 2.33. The summed E-state index contributed by atoms with van der Waals surface area (Å²) < 4.78 is 11.1. The molecule has 0 unspecified atom stereocenters. The molecule has 1 aromatic heterocycles. The molecular weight excluding hydrogens is 290 g/mol. The number of hydrogen-bond acceptors (Lipinski definition) is 6. The second-order valence-electron chi connectivity index (χ2n) is 4.03. The Kier molecular flexibility index (Phi) is 5.13. The molecule has 0 atom stereocenters. The number of ether oxygens (including phenoxy) is 2. The van der Waals surface area contributed by atoms with Gasteiger partial charge in [0.15, 0.2) is 11.5 Å². The molecule has 0 fully saturated rings. The molecule has 2 rings (SSSR count). The van der Waals surface area contributed by atoms with Crippen LogP contribution >= 0.6 is 11.3 Å². The average Bonchev–Trinajstić information content (AvgIpc) is 2.98. The zero-order valence-corrected chi connectivity index (χ0v) is 12.7. The number of carbonyl (C=O) groups is 1. The van der Waals surface area contributed by atoms with Crippen molar-refractivity contribution in [2.75, 3.05) is 13.2 Å². The van der Waals surface area contributed by atoms with E-state index in [1.807, 2.05) is 32.0 Å². The van der Waals surface area contributed by atoms with E-state index in [0.29, 0.717) is 29.6 Å². The van der Waals surface area contributed by atoms with Gasteiger partial charge >= 0.3 is 0 Å². The van der Waals surface area contributed by atoms with E-state index in [2.05, 4.69) is 10.4 Å². The molecule has 1 heterocycles. The predicted octanol–water partition coefficient (Wildman–Crippen LogP) is 2.21. The Morgan fingerprint density at radius 1 is 1.29 bits per heavy atom. The van der Waals surface area contributed by atoms with Crippen molar-refractivity contribution >= 4 is 17.2 Å². The van der Waals surface area contributed by atoms with E-state index in [0.717, 1.165) is 10.6 Å². The lowest BCUT2D eigenvalue weighted by atomic mass is 10.2. The molecule has 0 saturated heterocycles. The Morgan fingerprint density at radius 3 is 2.67 bits per heavy atom. The lowest BCUT2D eigenvalue weighted by molar-refractivity contribution is 0.0957. The third-order valence-electron chi connectivity index (χ3n) is 2.65. The Labute approximate surface area is 126 Å². The fourth-order valence-corrected chi connectivity index (χ4v) is 2.58. The van der Waals surface area contributed by atoms with Crippen LogP contribution in [0.4, 0.5) is 0 Å². The third-order valence-corrected chi connectivity index (χ3v) is 3.70. The molecule has 7 heteroatoms. The first-order valence-electron chi connectivity index (χ1n) is 6.56.